The first-order valence-electron chi connectivity index (χ1n) is 8.09. The molecule has 4 aromatic rings. The van der Waals surface area contributed by atoms with Gasteiger partial charge in [0.25, 0.3) is 0 Å². The van der Waals surface area contributed by atoms with Crippen LogP contribution in [0.1, 0.15) is 5.69 Å². The Morgan fingerprint density at radius 1 is 1.08 bits per heavy atom. The topological polar surface area (TPSA) is 56.7 Å². The van der Waals surface area contributed by atoms with E-state index in [0.717, 1.165) is 28.2 Å². The summed E-state index contributed by atoms with van der Waals surface area (Å²) in [5, 5.41) is 0. The van der Waals surface area contributed by atoms with Crippen LogP contribution >= 0.6 is 0 Å². The number of pyridine rings is 1. The van der Waals surface area contributed by atoms with Crippen molar-refractivity contribution in [3.05, 3.63) is 78.2 Å². The van der Waals surface area contributed by atoms with Crippen LogP contribution in [0, 0.1) is 13.5 Å². The van der Waals surface area contributed by atoms with Crippen molar-refractivity contribution in [1.82, 2.24) is 19.4 Å². The first kappa shape index (κ1) is 15.8. The van der Waals surface area contributed by atoms with E-state index in [4.69, 9.17) is 16.3 Å². The third-order valence-electron chi connectivity index (χ3n) is 4.00. The van der Waals surface area contributed by atoms with Crippen LogP contribution in [0.25, 0.3) is 33.1 Å². The van der Waals surface area contributed by atoms with Crippen molar-refractivity contribution < 1.29 is 4.74 Å². The fourth-order valence-electron chi connectivity index (χ4n) is 2.87. The SMILES string of the molecule is [C-]#[N+]COc1ccc(-c2c(-c3ccnc(C)c3)nc3ncccn23)cc1. The van der Waals surface area contributed by atoms with E-state index in [0.29, 0.717) is 11.5 Å². The van der Waals surface area contributed by atoms with Gasteiger partial charge in [-0.15, -0.1) is 0 Å². The highest BCUT2D eigenvalue weighted by Gasteiger charge is 2.16. The van der Waals surface area contributed by atoms with Crippen molar-refractivity contribution in [3.8, 4) is 28.3 Å². The molecule has 0 amide bonds. The maximum Gasteiger partial charge on any atom is 0.357 e. The maximum atomic E-state index is 6.82. The van der Waals surface area contributed by atoms with Gasteiger partial charge in [0.2, 0.25) is 5.78 Å². The van der Waals surface area contributed by atoms with E-state index in [9.17, 15) is 0 Å². The van der Waals surface area contributed by atoms with Crippen LogP contribution in [0.2, 0.25) is 0 Å². The Bertz CT molecular complexity index is 1110. The molecule has 0 unspecified atom stereocenters. The molecule has 126 valence electrons. The number of aromatic nitrogens is 4. The molecule has 0 saturated carbocycles. The molecule has 0 spiro atoms. The number of rotatable bonds is 4. The van der Waals surface area contributed by atoms with E-state index in [1.807, 2.05) is 60.0 Å². The fourth-order valence-corrected chi connectivity index (χ4v) is 2.87. The van der Waals surface area contributed by atoms with Crippen molar-refractivity contribution in [2.45, 2.75) is 6.92 Å². The number of ether oxygens (including phenoxy) is 1. The van der Waals surface area contributed by atoms with Gasteiger partial charge < -0.3 is 4.74 Å². The first-order valence-corrected chi connectivity index (χ1v) is 8.09. The largest absolute Gasteiger partial charge is 0.426 e. The van der Waals surface area contributed by atoms with Crippen molar-refractivity contribution in [1.29, 1.82) is 0 Å². The molecular weight excluding hydrogens is 326 g/mol. The van der Waals surface area contributed by atoms with Crippen LogP contribution in [-0.4, -0.2) is 26.1 Å². The highest BCUT2D eigenvalue weighted by molar-refractivity contribution is 5.81. The Morgan fingerprint density at radius 3 is 2.69 bits per heavy atom. The Morgan fingerprint density at radius 2 is 1.92 bits per heavy atom. The minimum absolute atomic E-state index is 0.0143. The fraction of sp³-hybridized carbons (Fsp3) is 0.100. The van der Waals surface area contributed by atoms with Gasteiger partial charge in [-0.2, -0.15) is 0 Å². The molecule has 0 radical (unpaired) electrons. The Hall–Kier alpha value is -3.72. The van der Waals surface area contributed by atoms with Gasteiger partial charge in [-0.05, 0) is 49.4 Å². The molecule has 1 aromatic carbocycles. The van der Waals surface area contributed by atoms with Crippen molar-refractivity contribution in [2.24, 2.45) is 0 Å². The summed E-state index contributed by atoms with van der Waals surface area (Å²) in [6, 6.07) is 13.5. The second kappa shape index (κ2) is 6.65. The molecule has 0 saturated heterocycles. The van der Waals surface area contributed by atoms with Crippen LogP contribution in [0.15, 0.2) is 61.1 Å². The minimum Gasteiger partial charge on any atom is -0.426 e. The lowest BCUT2D eigenvalue weighted by atomic mass is 10.0. The molecule has 0 aliphatic rings. The molecule has 0 aliphatic heterocycles. The highest BCUT2D eigenvalue weighted by Crippen LogP contribution is 2.33. The van der Waals surface area contributed by atoms with E-state index in [-0.39, 0.29) is 6.73 Å². The van der Waals surface area contributed by atoms with E-state index in [2.05, 4.69) is 14.8 Å². The van der Waals surface area contributed by atoms with Gasteiger partial charge >= 0.3 is 6.73 Å². The summed E-state index contributed by atoms with van der Waals surface area (Å²) >= 11 is 0. The van der Waals surface area contributed by atoms with Crippen molar-refractivity contribution in [2.75, 3.05) is 6.73 Å². The summed E-state index contributed by atoms with van der Waals surface area (Å²) < 4.78 is 7.32. The number of hydrogen-bond acceptors (Lipinski definition) is 4. The van der Waals surface area contributed by atoms with Crippen molar-refractivity contribution in [3.63, 3.8) is 0 Å². The summed E-state index contributed by atoms with van der Waals surface area (Å²) in [6.45, 7) is 8.79. The number of nitrogens with zero attached hydrogens (tertiary/aromatic N) is 5. The number of hydrogen-bond donors (Lipinski definition) is 0. The zero-order valence-electron chi connectivity index (χ0n) is 14.1. The lowest BCUT2D eigenvalue weighted by molar-refractivity contribution is 0.361. The zero-order valence-corrected chi connectivity index (χ0v) is 14.1. The summed E-state index contributed by atoms with van der Waals surface area (Å²) in [6.07, 6.45) is 5.47. The van der Waals surface area contributed by atoms with Gasteiger partial charge in [-0.1, -0.05) is 0 Å². The quantitative estimate of drug-likeness (QED) is 0.526. The smallest absolute Gasteiger partial charge is 0.357 e. The number of imidazole rings is 1. The van der Waals surface area contributed by atoms with Gasteiger partial charge in [0.15, 0.2) is 0 Å². The third-order valence-corrected chi connectivity index (χ3v) is 4.00. The van der Waals surface area contributed by atoms with Gasteiger partial charge in [0, 0.05) is 35.4 Å². The Labute approximate surface area is 150 Å². The molecule has 0 bridgehead atoms. The van der Waals surface area contributed by atoms with Crippen LogP contribution in [0.5, 0.6) is 5.75 Å². The molecule has 0 fully saturated rings. The van der Waals surface area contributed by atoms with Crippen LogP contribution in [-0.2, 0) is 0 Å². The molecule has 3 aromatic heterocycles. The van der Waals surface area contributed by atoms with Gasteiger partial charge in [-0.3, -0.25) is 14.2 Å². The predicted octanol–water partition coefficient (Wildman–Crippen LogP) is 4.02. The second-order valence-electron chi connectivity index (χ2n) is 5.74. The number of aryl methyl sites for hydroxylation is 1. The molecular formula is C20H15N5O. The highest BCUT2D eigenvalue weighted by atomic mass is 16.5. The van der Waals surface area contributed by atoms with Crippen molar-refractivity contribution >= 4 is 5.78 Å². The average molecular weight is 341 g/mol. The Balaban J connectivity index is 1.88. The molecule has 0 atom stereocenters. The summed E-state index contributed by atoms with van der Waals surface area (Å²) in [4.78, 5) is 16.6. The molecule has 6 heteroatoms. The van der Waals surface area contributed by atoms with E-state index < -0.39 is 0 Å². The number of benzene rings is 1. The lowest BCUT2D eigenvalue weighted by Crippen LogP contribution is -1.93. The number of fused-ring (bicyclic) bond motifs is 1. The zero-order chi connectivity index (χ0) is 17.9. The predicted molar refractivity (Wildman–Crippen MR) is 98.5 cm³/mol. The van der Waals surface area contributed by atoms with E-state index in [1.54, 1.807) is 12.4 Å². The molecule has 3 heterocycles. The monoisotopic (exact) mass is 341 g/mol. The van der Waals surface area contributed by atoms with E-state index in [1.165, 1.54) is 0 Å². The average Bonchev–Trinajstić information content (AvgIpc) is 3.06. The summed E-state index contributed by atoms with van der Waals surface area (Å²) in [5.74, 6) is 1.30. The van der Waals surface area contributed by atoms with Gasteiger partial charge in [0.05, 0.1) is 11.4 Å². The van der Waals surface area contributed by atoms with Crippen LogP contribution < -0.4 is 4.74 Å². The molecule has 0 N–H and O–H groups in total. The Kier molecular flexibility index (Phi) is 4.04. The summed E-state index contributed by atoms with van der Waals surface area (Å²) in [5.41, 5.74) is 4.72. The summed E-state index contributed by atoms with van der Waals surface area (Å²) in [7, 11) is 0. The molecule has 6 nitrogen and oxygen atoms in total. The molecule has 4 rings (SSSR count). The van der Waals surface area contributed by atoms with E-state index >= 15 is 0 Å². The molecule has 0 aliphatic carbocycles. The minimum atomic E-state index is 0.0143. The molecule has 26 heavy (non-hydrogen) atoms. The second-order valence-corrected chi connectivity index (χ2v) is 5.74. The van der Waals surface area contributed by atoms with Crippen LogP contribution in [0.3, 0.4) is 0 Å². The van der Waals surface area contributed by atoms with Crippen LogP contribution in [0.4, 0.5) is 0 Å². The first-order chi connectivity index (χ1) is 12.8. The van der Waals surface area contributed by atoms with Gasteiger partial charge in [0.1, 0.15) is 5.75 Å². The standard InChI is InChI=1S/C20H15N5O/c1-14-12-16(8-10-22-14)18-19(25-11-3-9-23-20(25)24-18)15-4-6-17(7-5-15)26-13-21-2/h3-12H,13H2,1H3. The lowest BCUT2D eigenvalue weighted by Gasteiger charge is -2.07. The third kappa shape index (κ3) is 2.87. The van der Waals surface area contributed by atoms with Gasteiger partial charge in [-0.25, -0.2) is 16.5 Å². The maximum absolute atomic E-state index is 6.82. The normalized spacial score (nSPS) is 10.6.